The van der Waals surface area contributed by atoms with Crippen LogP contribution in [0.25, 0.3) is 0 Å². The number of nitrogens with zero attached hydrogens (tertiary/aromatic N) is 3. The zero-order valence-electron chi connectivity index (χ0n) is 20.4. The lowest BCUT2D eigenvalue weighted by Gasteiger charge is -2.44. The normalized spacial score (nSPS) is 20.8. The van der Waals surface area contributed by atoms with Crippen molar-refractivity contribution in [2.24, 2.45) is 5.92 Å². The zero-order valence-corrected chi connectivity index (χ0v) is 21.2. The van der Waals surface area contributed by atoms with E-state index in [1.807, 2.05) is 0 Å². The molecule has 2 aliphatic heterocycles. The van der Waals surface area contributed by atoms with Gasteiger partial charge in [0.25, 0.3) is 5.91 Å². The first-order valence-electron chi connectivity index (χ1n) is 12.2. The average molecular weight is 518 g/mol. The van der Waals surface area contributed by atoms with Crippen LogP contribution in [0.15, 0.2) is 42.5 Å². The third-order valence-corrected chi connectivity index (χ3v) is 7.71. The molecule has 0 aliphatic carbocycles. The summed E-state index contributed by atoms with van der Waals surface area (Å²) < 4.78 is 27.9. The molecule has 0 bridgehead atoms. The maximum absolute atomic E-state index is 14.2. The summed E-state index contributed by atoms with van der Waals surface area (Å²) in [5.74, 6) is -2.67. The van der Waals surface area contributed by atoms with Gasteiger partial charge in [0.1, 0.15) is 0 Å². The standard InChI is InChI=1S/C27H30ClF2N3O3/c1-17(34)32-12-9-19(10-13-32)27(36)33-14-11-25(22(16-33)20-5-8-23(29)24(30)15-20)31(2)26(35)18-3-6-21(28)7-4-18/h3-8,15,19,22,25H,9-14,16H2,1-2H3/t22-,25+/m0/s1. The molecule has 0 N–H and O–H groups in total. The van der Waals surface area contributed by atoms with Crippen LogP contribution in [0.2, 0.25) is 5.02 Å². The van der Waals surface area contributed by atoms with Crippen LogP contribution in [0, 0.1) is 17.6 Å². The lowest BCUT2D eigenvalue weighted by Crippen LogP contribution is -2.53. The maximum atomic E-state index is 14.2. The fourth-order valence-electron chi connectivity index (χ4n) is 5.32. The van der Waals surface area contributed by atoms with Gasteiger partial charge < -0.3 is 14.7 Å². The number of likely N-dealkylation sites (N-methyl/N-ethyl adjacent to an activating group) is 1. The largest absolute Gasteiger partial charge is 0.343 e. The van der Waals surface area contributed by atoms with E-state index in [0.29, 0.717) is 61.6 Å². The van der Waals surface area contributed by atoms with Crippen molar-refractivity contribution in [3.05, 3.63) is 70.2 Å². The van der Waals surface area contributed by atoms with Crippen molar-refractivity contribution in [1.29, 1.82) is 0 Å². The molecular weight excluding hydrogens is 488 g/mol. The molecule has 3 amide bonds. The van der Waals surface area contributed by atoms with E-state index in [1.165, 1.54) is 13.0 Å². The fraction of sp³-hybridized carbons (Fsp3) is 0.444. The van der Waals surface area contributed by atoms with Gasteiger partial charge in [-0.25, -0.2) is 8.78 Å². The molecular formula is C27H30ClF2N3O3. The minimum absolute atomic E-state index is 0.00788. The second-order valence-electron chi connectivity index (χ2n) is 9.62. The number of hydrogen-bond donors (Lipinski definition) is 0. The van der Waals surface area contributed by atoms with E-state index >= 15 is 0 Å². The molecule has 2 saturated heterocycles. The van der Waals surface area contributed by atoms with E-state index in [2.05, 4.69) is 0 Å². The van der Waals surface area contributed by atoms with Crippen LogP contribution < -0.4 is 0 Å². The molecule has 2 fully saturated rings. The Morgan fingerprint density at radius 3 is 2.17 bits per heavy atom. The Hall–Kier alpha value is -3.00. The smallest absolute Gasteiger partial charge is 0.253 e. The molecule has 2 aromatic rings. The number of piperidine rings is 2. The number of likely N-dealkylation sites (tertiary alicyclic amines) is 2. The van der Waals surface area contributed by atoms with Gasteiger partial charge in [-0.15, -0.1) is 0 Å². The molecule has 36 heavy (non-hydrogen) atoms. The van der Waals surface area contributed by atoms with Gasteiger partial charge in [-0.3, -0.25) is 14.4 Å². The SMILES string of the molecule is CC(=O)N1CCC(C(=O)N2CC[C@@H](N(C)C(=O)c3ccc(Cl)cc3)[C@H](c3ccc(F)c(F)c3)C2)CC1. The van der Waals surface area contributed by atoms with Crippen molar-refractivity contribution >= 4 is 29.3 Å². The third-order valence-electron chi connectivity index (χ3n) is 7.46. The number of hydrogen-bond acceptors (Lipinski definition) is 3. The number of amides is 3. The van der Waals surface area contributed by atoms with Crippen LogP contribution in [0.1, 0.15) is 48.0 Å². The van der Waals surface area contributed by atoms with Gasteiger partial charge in [-0.2, -0.15) is 0 Å². The summed E-state index contributed by atoms with van der Waals surface area (Å²) in [7, 11) is 1.70. The molecule has 4 rings (SSSR count). The minimum atomic E-state index is -0.960. The maximum Gasteiger partial charge on any atom is 0.253 e. The van der Waals surface area contributed by atoms with E-state index in [-0.39, 0.29) is 29.7 Å². The summed E-state index contributed by atoms with van der Waals surface area (Å²) in [5, 5.41) is 0.523. The third kappa shape index (κ3) is 5.53. The average Bonchev–Trinajstić information content (AvgIpc) is 2.89. The van der Waals surface area contributed by atoms with E-state index in [0.717, 1.165) is 12.1 Å². The van der Waals surface area contributed by atoms with Crippen molar-refractivity contribution in [1.82, 2.24) is 14.7 Å². The molecule has 0 unspecified atom stereocenters. The fourth-order valence-corrected chi connectivity index (χ4v) is 5.45. The Balaban J connectivity index is 1.55. The molecule has 2 aliphatic rings. The van der Waals surface area contributed by atoms with Crippen molar-refractivity contribution in [2.45, 2.75) is 38.1 Å². The highest BCUT2D eigenvalue weighted by atomic mass is 35.5. The van der Waals surface area contributed by atoms with E-state index < -0.39 is 17.6 Å². The van der Waals surface area contributed by atoms with Crippen LogP contribution in [-0.4, -0.2) is 71.7 Å². The summed E-state index contributed by atoms with van der Waals surface area (Å²) in [5.41, 5.74) is 1.01. The quantitative estimate of drug-likeness (QED) is 0.606. The predicted octanol–water partition coefficient (Wildman–Crippen LogP) is 4.33. The van der Waals surface area contributed by atoms with E-state index in [1.54, 1.807) is 46.0 Å². The summed E-state index contributed by atoms with van der Waals surface area (Å²) in [6.45, 7) is 3.37. The van der Waals surface area contributed by atoms with Crippen LogP contribution in [0.4, 0.5) is 8.78 Å². The Kier molecular flexibility index (Phi) is 7.93. The monoisotopic (exact) mass is 517 g/mol. The van der Waals surface area contributed by atoms with Crippen molar-refractivity contribution in [3.8, 4) is 0 Å². The summed E-state index contributed by atoms with van der Waals surface area (Å²) in [6, 6.07) is 10.0. The van der Waals surface area contributed by atoms with Crippen molar-refractivity contribution in [3.63, 3.8) is 0 Å². The van der Waals surface area contributed by atoms with E-state index in [9.17, 15) is 23.2 Å². The highest BCUT2D eigenvalue weighted by molar-refractivity contribution is 6.30. The highest BCUT2D eigenvalue weighted by Gasteiger charge is 2.39. The summed E-state index contributed by atoms with van der Waals surface area (Å²) >= 11 is 5.96. The van der Waals surface area contributed by atoms with Gasteiger partial charge in [0.05, 0.1) is 0 Å². The zero-order chi connectivity index (χ0) is 26.0. The number of benzene rings is 2. The minimum Gasteiger partial charge on any atom is -0.343 e. The molecule has 0 spiro atoms. The molecule has 9 heteroatoms. The molecule has 2 heterocycles. The molecule has 2 aromatic carbocycles. The van der Waals surface area contributed by atoms with Crippen molar-refractivity contribution in [2.75, 3.05) is 33.2 Å². The lowest BCUT2D eigenvalue weighted by molar-refractivity contribution is -0.141. The first-order chi connectivity index (χ1) is 17.2. The first kappa shape index (κ1) is 26.1. The summed E-state index contributed by atoms with van der Waals surface area (Å²) in [6.07, 6.45) is 1.70. The molecule has 0 radical (unpaired) electrons. The Bertz CT molecular complexity index is 1140. The van der Waals surface area contributed by atoms with E-state index in [4.69, 9.17) is 11.6 Å². The molecule has 0 saturated carbocycles. The molecule has 6 nitrogen and oxygen atoms in total. The number of carbonyl (C=O) groups excluding carboxylic acids is 3. The predicted molar refractivity (Wildman–Crippen MR) is 133 cm³/mol. The molecule has 192 valence electrons. The van der Waals surface area contributed by atoms with Gasteiger partial charge in [0, 0.05) is 68.6 Å². The van der Waals surface area contributed by atoms with Gasteiger partial charge in [-0.05, 0) is 61.2 Å². The Labute approximate surface area is 214 Å². The molecule has 0 aromatic heterocycles. The van der Waals surface area contributed by atoms with Crippen molar-refractivity contribution < 1.29 is 23.2 Å². The van der Waals surface area contributed by atoms with Gasteiger partial charge in [0.2, 0.25) is 11.8 Å². The summed E-state index contributed by atoms with van der Waals surface area (Å²) in [4.78, 5) is 43.4. The second kappa shape index (κ2) is 10.9. The lowest BCUT2D eigenvalue weighted by atomic mass is 9.83. The number of rotatable bonds is 4. The van der Waals surface area contributed by atoms with Crippen LogP contribution in [0.5, 0.6) is 0 Å². The Morgan fingerprint density at radius 2 is 1.56 bits per heavy atom. The van der Waals surface area contributed by atoms with Crippen LogP contribution in [0.3, 0.4) is 0 Å². The van der Waals surface area contributed by atoms with Gasteiger partial charge >= 0.3 is 0 Å². The van der Waals surface area contributed by atoms with Gasteiger partial charge in [0.15, 0.2) is 11.6 Å². The van der Waals surface area contributed by atoms with Crippen LogP contribution >= 0.6 is 11.6 Å². The topological polar surface area (TPSA) is 60.9 Å². The highest BCUT2D eigenvalue weighted by Crippen LogP contribution is 2.34. The van der Waals surface area contributed by atoms with Crippen LogP contribution in [-0.2, 0) is 9.59 Å². The second-order valence-corrected chi connectivity index (χ2v) is 10.1. The number of carbonyl (C=O) groups is 3. The molecule has 2 atom stereocenters. The van der Waals surface area contributed by atoms with Gasteiger partial charge in [-0.1, -0.05) is 17.7 Å². The number of halogens is 3. The Morgan fingerprint density at radius 1 is 0.917 bits per heavy atom. The first-order valence-corrected chi connectivity index (χ1v) is 12.6.